The molecule has 36 heavy (non-hydrogen) atoms. The number of hydrogen-bond donors (Lipinski definition) is 3. The van der Waals surface area contributed by atoms with Crippen molar-refractivity contribution < 1.29 is 37.9 Å². The van der Waals surface area contributed by atoms with Gasteiger partial charge in [0.2, 0.25) is 5.91 Å². The van der Waals surface area contributed by atoms with Crippen LogP contribution in [0.3, 0.4) is 0 Å². The first kappa shape index (κ1) is 29.7. The van der Waals surface area contributed by atoms with Crippen molar-refractivity contribution in [2.45, 2.75) is 51.0 Å². The number of phosphoric ester groups is 1. The minimum absolute atomic E-state index is 0.00336. The number of benzene rings is 2. The van der Waals surface area contributed by atoms with E-state index in [1.807, 2.05) is 43.3 Å². The van der Waals surface area contributed by atoms with Crippen molar-refractivity contribution in [3.8, 4) is 5.75 Å². The SMILES string of the molecule is C=C(CCCCCC(=O)NC(CO)COP(=O)(O)OC)C(=O)[C@@H](C)c1ccc2cc(OC)ccc2c1. The molecule has 1 amide bonds. The number of rotatable bonds is 16. The van der Waals surface area contributed by atoms with E-state index in [9.17, 15) is 24.2 Å². The molecule has 2 aromatic carbocycles. The molecule has 0 saturated heterocycles. The molecule has 0 fully saturated rings. The molecule has 0 aliphatic carbocycles. The molecule has 10 heteroatoms. The summed E-state index contributed by atoms with van der Waals surface area (Å²) in [6, 6.07) is 11.0. The maximum Gasteiger partial charge on any atom is 0.471 e. The van der Waals surface area contributed by atoms with E-state index >= 15 is 0 Å². The second-order valence-corrected chi connectivity index (χ2v) is 10.2. The molecule has 0 bridgehead atoms. The number of hydrogen-bond acceptors (Lipinski definition) is 7. The summed E-state index contributed by atoms with van der Waals surface area (Å²) in [7, 11) is -1.52. The fourth-order valence-electron chi connectivity index (χ4n) is 3.70. The topological polar surface area (TPSA) is 131 Å². The zero-order chi connectivity index (χ0) is 26.7. The van der Waals surface area contributed by atoms with E-state index in [0.717, 1.165) is 42.0 Å². The summed E-state index contributed by atoms with van der Waals surface area (Å²) in [6.45, 7) is 5.06. The predicted molar refractivity (Wildman–Crippen MR) is 138 cm³/mol. The highest BCUT2D eigenvalue weighted by Gasteiger charge is 2.22. The molecule has 2 unspecified atom stereocenters. The Kier molecular flexibility index (Phi) is 11.8. The zero-order valence-electron chi connectivity index (χ0n) is 21.1. The van der Waals surface area contributed by atoms with Crippen LogP contribution in [0.2, 0.25) is 0 Å². The molecule has 0 aliphatic rings. The maximum absolute atomic E-state index is 12.9. The van der Waals surface area contributed by atoms with Gasteiger partial charge >= 0.3 is 7.82 Å². The van der Waals surface area contributed by atoms with E-state index in [1.54, 1.807) is 7.11 Å². The highest BCUT2D eigenvalue weighted by molar-refractivity contribution is 7.47. The number of fused-ring (bicyclic) bond motifs is 1. The number of unbranched alkanes of at least 4 members (excludes halogenated alkanes) is 2. The first-order valence-corrected chi connectivity index (χ1v) is 13.3. The molecule has 0 heterocycles. The number of ketones is 1. The highest BCUT2D eigenvalue weighted by atomic mass is 31.2. The van der Waals surface area contributed by atoms with Gasteiger partial charge in [-0.15, -0.1) is 0 Å². The second-order valence-electron chi connectivity index (χ2n) is 8.62. The van der Waals surface area contributed by atoms with Crippen LogP contribution in [0.15, 0.2) is 48.6 Å². The van der Waals surface area contributed by atoms with Crippen LogP contribution >= 0.6 is 7.82 Å². The third-order valence-electron chi connectivity index (χ3n) is 5.95. The standard InChI is InChI=1S/C26H36NO8P/c1-18(8-6-5-7-9-25(29)27-23(16-28)17-35-36(31,32)34-4)26(30)19(2)20-10-11-22-15-24(33-3)13-12-21(22)14-20/h10-15,19,23,28H,1,5-9,16-17H2,2-4H3,(H,27,29)(H,31,32)/t19-,23?/m0/s1. The van der Waals surface area contributed by atoms with Gasteiger partial charge in [-0.3, -0.25) is 18.6 Å². The predicted octanol–water partition coefficient (Wildman–Crippen LogP) is 4.27. The number of allylic oxidation sites excluding steroid dienone is 1. The maximum atomic E-state index is 12.9. The number of aliphatic hydroxyl groups is 1. The van der Waals surface area contributed by atoms with E-state index in [-0.39, 0.29) is 30.6 Å². The van der Waals surface area contributed by atoms with Crippen LogP contribution in [0.4, 0.5) is 0 Å². The summed E-state index contributed by atoms with van der Waals surface area (Å²) in [4.78, 5) is 34.2. The Bertz CT molecular complexity index is 1100. The van der Waals surface area contributed by atoms with Crippen molar-refractivity contribution in [2.24, 2.45) is 0 Å². The lowest BCUT2D eigenvalue weighted by Gasteiger charge is -2.17. The molecular weight excluding hydrogens is 485 g/mol. The number of carbonyl (C=O) groups is 2. The van der Waals surface area contributed by atoms with E-state index in [1.165, 1.54) is 0 Å². The Morgan fingerprint density at radius 3 is 2.39 bits per heavy atom. The van der Waals surface area contributed by atoms with Gasteiger partial charge in [-0.1, -0.05) is 44.2 Å². The van der Waals surface area contributed by atoms with Crippen LogP contribution in [0.25, 0.3) is 10.8 Å². The monoisotopic (exact) mass is 521 g/mol. The summed E-state index contributed by atoms with van der Waals surface area (Å²) >= 11 is 0. The molecule has 0 radical (unpaired) electrons. The van der Waals surface area contributed by atoms with Gasteiger partial charge in [0.05, 0.1) is 26.4 Å². The smallest absolute Gasteiger partial charge is 0.471 e. The lowest BCUT2D eigenvalue weighted by Crippen LogP contribution is -2.40. The number of methoxy groups -OCH3 is 1. The normalized spacial score (nSPS) is 14.6. The van der Waals surface area contributed by atoms with Gasteiger partial charge in [0.25, 0.3) is 0 Å². The summed E-state index contributed by atoms with van der Waals surface area (Å²) in [5.74, 6) is 0.177. The van der Waals surface area contributed by atoms with Crippen LogP contribution in [0.1, 0.15) is 50.5 Å². The van der Waals surface area contributed by atoms with E-state index in [4.69, 9.17) is 4.74 Å². The Hall–Kier alpha value is -2.55. The number of aliphatic hydroxyl groups excluding tert-OH is 1. The van der Waals surface area contributed by atoms with Crippen molar-refractivity contribution in [2.75, 3.05) is 27.4 Å². The summed E-state index contributed by atoms with van der Waals surface area (Å²) in [6.07, 6.45) is 2.80. The van der Waals surface area contributed by atoms with E-state index in [2.05, 4.69) is 20.9 Å². The molecule has 9 nitrogen and oxygen atoms in total. The lowest BCUT2D eigenvalue weighted by atomic mass is 9.89. The number of Topliss-reactive ketones (excluding diaryl/α,β-unsaturated/α-hetero) is 1. The number of phosphoric acid groups is 1. The van der Waals surface area contributed by atoms with Crippen LogP contribution < -0.4 is 10.1 Å². The Balaban J connectivity index is 1.74. The van der Waals surface area contributed by atoms with Crippen molar-refractivity contribution >= 4 is 30.3 Å². The molecular formula is C26H36NO8P. The van der Waals surface area contributed by atoms with Gasteiger partial charge in [0.15, 0.2) is 5.78 Å². The van der Waals surface area contributed by atoms with E-state index in [0.29, 0.717) is 18.4 Å². The van der Waals surface area contributed by atoms with Crippen molar-refractivity contribution in [1.82, 2.24) is 5.32 Å². The Morgan fingerprint density at radius 1 is 1.06 bits per heavy atom. The van der Waals surface area contributed by atoms with Crippen LogP contribution in [0.5, 0.6) is 5.75 Å². The summed E-state index contributed by atoms with van der Waals surface area (Å²) in [5.41, 5.74) is 1.49. The third kappa shape index (κ3) is 9.15. The minimum Gasteiger partial charge on any atom is -0.497 e. The minimum atomic E-state index is -4.18. The van der Waals surface area contributed by atoms with Crippen molar-refractivity contribution in [3.05, 3.63) is 54.1 Å². The fourth-order valence-corrected chi connectivity index (χ4v) is 4.17. The lowest BCUT2D eigenvalue weighted by molar-refractivity contribution is -0.122. The molecule has 2 aromatic rings. The van der Waals surface area contributed by atoms with Gasteiger partial charge in [0.1, 0.15) is 5.75 Å². The average Bonchev–Trinajstić information content (AvgIpc) is 2.89. The van der Waals surface area contributed by atoms with Crippen LogP contribution in [0, 0.1) is 0 Å². The van der Waals surface area contributed by atoms with Crippen molar-refractivity contribution in [3.63, 3.8) is 0 Å². The number of ether oxygens (including phenoxy) is 1. The van der Waals surface area contributed by atoms with Crippen LogP contribution in [-0.2, 0) is 23.2 Å². The summed E-state index contributed by atoms with van der Waals surface area (Å²) in [5, 5.41) is 13.9. The van der Waals surface area contributed by atoms with Gasteiger partial charge in [-0.05, 0) is 53.3 Å². The molecule has 198 valence electrons. The largest absolute Gasteiger partial charge is 0.497 e. The van der Waals surface area contributed by atoms with Gasteiger partial charge in [-0.2, -0.15) is 0 Å². The number of nitrogens with one attached hydrogen (secondary N) is 1. The highest BCUT2D eigenvalue weighted by Crippen LogP contribution is 2.41. The van der Waals surface area contributed by atoms with Gasteiger partial charge in [-0.25, -0.2) is 4.57 Å². The number of amides is 1. The third-order valence-corrected chi connectivity index (χ3v) is 6.89. The first-order chi connectivity index (χ1) is 17.1. The zero-order valence-corrected chi connectivity index (χ0v) is 22.0. The molecule has 3 N–H and O–H groups in total. The average molecular weight is 522 g/mol. The molecule has 3 atom stereocenters. The Morgan fingerprint density at radius 2 is 1.72 bits per heavy atom. The molecule has 0 aromatic heterocycles. The van der Waals surface area contributed by atoms with Gasteiger partial charge < -0.3 is 20.1 Å². The first-order valence-electron chi connectivity index (χ1n) is 11.8. The Labute approximate surface area is 212 Å². The number of carbonyl (C=O) groups excluding carboxylic acids is 2. The van der Waals surface area contributed by atoms with Crippen LogP contribution in [-0.4, -0.2) is 55.2 Å². The second kappa shape index (κ2) is 14.3. The summed E-state index contributed by atoms with van der Waals surface area (Å²) < 4.78 is 25.5. The fraction of sp³-hybridized carbons (Fsp3) is 0.462. The van der Waals surface area contributed by atoms with Gasteiger partial charge in [0, 0.05) is 19.4 Å². The quantitative estimate of drug-likeness (QED) is 0.170. The molecule has 0 aliphatic heterocycles. The molecule has 2 rings (SSSR count). The molecule has 0 saturated carbocycles. The van der Waals surface area contributed by atoms with E-state index < -0.39 is 20.5 Å². The molecule has 0 spiro atoms. The van der Waals surface area contributed by atoms with Crippen molar-refractivity contribution in [1.29, 1.82) is 0 Å².